The van der Waals surface area contributed by atoms with E-state index >= 15 is 0 Å². The van der Waals surface area contributed by atoms with Gasteiger partial charge in [0.05, 0.1) is 11.4 Å². The average Bonchev–Trinajstić information content (AvgIpc) is 3.62. The molecule has 3 aliphatic carbocycles. The third kappa shape index (κ3) is 5.82. The number of hydrogen-bond acceptors (Lipinski definition) is 3. The number of anilines is 6. The molecule has 12 rings (SSSR count). The zero-order valence-corrected chi connectivity index (χ0v) is 45.8. The molecule has 0 fully saturated rings. The predicted molar refractivity (Wildman–Crippen MR) is 297 cm³/mol. The van der Waals surface area contributed by atoms with Crippen LogP contribution in [0, 0.1) is 6.92 Å². The lowest BCUT2D eigenvalue weighted by atomic mass is 9.35. The highest BCUT2D eigenvalue weighted by atomic mass is 32.1. The van der Waals surface area contributed by atoms with Crippen LogP contribution in [0.3, 0.4) is 0 Å². The van der Waals surface area contributed by atoms with Crippen LogP contribution >= 0.6 is 11.3 Å². The van der Waals surface area contributed by atoms with Gasteiger partial charge in [0, 0.05) is 43.0 Å². The lowest BCUT2D eigenvalue weighted by Crippen LogP contribution is -2.62. The molecule has 0 bridgehead atoms. The van der Waals surface area contributed by atoms with E-state index in [0.717, 1.165) is 6.42 Å². The van der Waals surface area contributed by atoms with Crippen molar-refractivity contribution in [3.63, 3.8) is 0 Å². The predicted octanol–water partition coefficient (Wildman–Crippen LogP) is 16.3. The molecular weight excluding hydrogens is 840 g/mol. The third-order valence-electron chi connectivity index (χ3n) is 19.2. The molecule has 0 saturated carbocycles. The van der Waals surface area contributed by atoms with Crippen molar-refractivity contribution in [1.82, 2.24) is 0 Å². The van der Waals surface area contributed by atoms with Gasteiger partial charge in [0.2, 0.25) is 0 Å². The van der Waals surface area contributed by atoms with E-state index in [2.05, 4.69) is 212 Å². The highest BCUT2D eigenvalue weighted by Gasteiger charge is 2.57. The summed E-state index contributed by atoms with van der Waals surface area (Å²) < 4.78 is 2.93. The molecule has 6 aliphatic rings. The van der Waals surface area contributed by atoms with E-state index in [1.165, 1.54) is 114 Å². The smallest absolute Gasteiger partial charge is 0.264 e. The first-order valence-electron chi connectivity index (χ1n) is 26.4. The van der Waals surface area contributed by atoms with E-state index in [9.17, 15) is 0 Å². The van der Waals surface area contributed by atoms with Gasteiger partial charge in [0.25, 0.3) is 6.71 Å². The second-order valence-corrected chi connectivity index (χ2v) is 29.4. The van der Waals surface area contributed by atoms with E-state index in [1.807, 2.05) is 0 Å². The van der Waals surface area contributed by atoms with Gasteiger partial charge in [-0.1, -0.05) is 148 Å². The van der Waals surface area contributed by atoms with E-state index in [-0.39, 0.29) is 50.0 Å². The molecule has 68 heavy (non-hydrogen) atoms. The Morgan fingerprint density at radius 1 is 0.485 bits per heavy atom. The number of aryl methyl sites for hydroxylation is 1. The molecule has 1 atom stereocenters. The highest BCUT2D eigenvalue weighted by Crippen LogP contribution is 2.65. The lowest BCUT2D eigenvalue weighted by molar-refractivity contribution is 0.311. The summed E-state index contributed by atoms with van der Waals surface area (Å²) in [5, 5.41) is 1.42. The van der Waals surface area contributed by atoms with Crippen LogP contribution < -0.4 is 25.5 Å². The van der Waals surface area contributed by atoms with Gasteiger partial charge in [-0.2, -0.15) is 0 Å². The summed E-state index contributed by atoms with van der Waals surface area (Å²) in [4.78, 5) is 5.62. The van der Waals surface area contributed by atoms with Crippen molar-refractivity contribution in [1.29, 1.82) is 0 Å². The molecule has 3 aliphatic heterocycles. The molecule has 4 heterocycles. The van der Waals surface area contributed by atoms with Crippen molar-refractivity contribution in [2.75, 3.05) is 9.80 Å². The lowest BCUT2D eigenvalue weighted by Gasteiger charge is -2.57. The Kier molecular flexibility index (Phi) is 8.82. The Morgan fingerprint density at radius 2 is 1.03 bits per heavy atom. The van der Waals surface area contributed by atoms with Crippen LogP contribution in [0.2, 0.25) is 0 Å². The largest absolute Gasteiger partial charge is 0.311 e. The van der Waals surface area contributed by atoms with Crippen LogP contribution in [0.1, 0.15) is 212 Å². The van der Waals surface area contributed by atoms with Gasteiger partial charge >= 0.3 is 0 Å². The van der Waals surface area contributed by atoms with Gasteiger partial charge < -0.3 is 9.80 Å². The third-order valence-corrected chi connectivity index (χ3v) is 20.4. The summed E-state index contributed by atoms with van der Waals surface area (Å²) in [7, 11) is 0. The molecule has 352 valence electrons. The van der Waals surface area contributed by atoms with Crippen LogP contribution in [0.4, 0.5) is 34.1 Å². The van der Waals surface area contributed by atoms with Gasteiger partial charge in [-0.05, 0) is 186 Å². The fraction of sp³-hybridized carbons (Fsp3) is 0.500. The normalized spacial score (nSPS) is 22.8. The number of rotatable bonds is 1. The minimum atomic E-state index is -0.125. The van der Waals surface area contributed by atoms with Crippen LogP contribution in [-0.4, -0.2) is 6.71 Å². The quantitative estimate of drug-likeness (QED) is 0.151. The first-order chi connectivity index (χ1) is 31.5. The molecule has 0 radical (unpaired) electrons. The second-order valence-electron chi connectivity index (χ2n) is 28.3. The molecule has 0 saturated heterocycles. The molecule has 0 amide bonds. The van der Waals surface area contributed by atoms with Gasteiger partial charge in [-0.25, -0.2) is 0 Å². The van der Waals surface area contributed by atoms with Gasteiger partial charge in [-0.15, -0.1) is 11.3 Å². The second kappa shape index (κ2) is 13.4. The number of nitrogens with zero attached hydrogens (tertiary/aromatic N) is 2. The molecular formula is C64H77BN2S. The Hall–Kier alpha value is -4.28. The molecule has 0 spiro atoms. The van der Waals surface area contributed by atoms with E-state index < -0.39 is 0 Å². The summed E-state index contributed by atoms with van der Waals surface area (Å²) >= 11 is 2.09. The molecule has 6 aromatic rings. The Morgan fingerprint density at radius 3 is 1.65 bits per heavy atom. The van der Waals surface area contributed by atoms with E-state index in [0.29, 0.717) is 0 Å². The standard InChI is InChI=1S/C64H77BN2S/c1-36-31-44-49(63(16,17)28-27-62(44,14)15)51-53(36)67-47-33-38(58(5,6)7)32-46-52(47)65(45-24-23-41-50(55(45)67)64(51,18)30-29-59(41,8)9)56-54(66(46)39-21-19-37(20-22-39)57(2,3)4)40-34-42-43(35-48(40)68-56)61(12,13)26-25-60(42,10)11/h19-24,31-35H,25-30H2,1-18H3. The van der Waals surface area contributed by atoms with Gasteiger partial charge in [0.15, 0.2) is 0 Å². The maximum Gasteiger partial charge on any atom is 0.264 e. The van der Waals surface area contributed by atoms with Crippen LogP contribution in [0.25, 0.3) is 10.1 Å². The number of fused-ring (bicyclic) bond motifs is 12. The molecule has 4 heteroatoms. The van der Waals surface area contributed by atoms with Crippen LogP contribution in [0.15, 0.2) is 66.7 Å². The molecule has 1 aromatic heterocycles. The molecule has 5 aromatic carbocycles. The van der Waals surface area contributed by atoms with E-state index in [1.54, 1.807) is 33.4 Å². The maximum absolute atomic E-state index is 2.88. The minimum absolute atomic E-state index is 0.0585. The van der Waals surface area contributed by atoms with Crippen molar-refractivity contribution >= 4 is 78.0 Å². The van der Waals surface area contributed by atoms with Gasteiger partial charge in [0.1, 0.15) is 0 Å². The summed E-state index contributed by atoms with van der Waals surface area (Å²) in [5.41, 5.74) is 26.9. The fourth-order valence-electron chi connectivity index (χ4n) is 14.6. The summed E-state index contributed by atoms with van der Waals surface area (Å²) in [5.74, 6) is 0. The summed E-state index contributed by atoms with van der Waals surface area (Å²) in [6, 6.07) is 28.2. The number of hydrogen-bond donors (Lipinski definition) is 0. The van der Waals surface area contributed by atoms with Crippen molar-refractivity contribution in [2.24, 2.45) is 0 Å². The molecule has 1 unspecified atom stereocenters. The fourth-order valence-corrected chi connectivity index (χ4v) is 16.0. The Balaban J connectivity index is 1.26. The zero-order valence-electron chi connectivity index (χ0n) is 45.0. The number of thiophene rings is 1. The minimum Gasteiger partial charge on any atom is -0.311 e. The number of benzene rings is 5. The van der Waals surface area contributed by atoms with Crippen molar-refractivity contribution < 1.29 is 0 Å². The average molecular weight is 917 g/mol. The highest BCUT2D eigenvalue weighted by molar-refractivity contribution is 7.33. The van der Waals surface area contributed by atoms with Crippen molar-refractivity contribution in [3.05, 3.63) is 122 Å². The van der Waals surface area contributed by atoms with Crippen molar-refractivity contribution in [3.8, 4) is 0 Å². The van der Waals surface area contributed by atoms with Gasteiger partial charge in [-0.3, -0.25) is 0 Å². The van der Waals surface area contributed by atoms with Crippen molar-refractivity contribution in [2.45, 2.75) is 206 Å². The SMILES string of the molecule is Cc1cc2c(c3c1N1c4cc(C(C)(C)C)cc5c4B(c4ccc6c(c41)C3(C)CCC6(C)C)c1sc3cc4c(cc3c1N5c1ccc(C(C)(C)C)cc1)C(C)(C)CCC4(C)C)C(C)(C)CCC2(C)C. The first kappa shape index (κ1) is 44.9. The summed E-state index contributed by atoms with van der Waals surface area (Å²) in [6.07, 6.45) is 7.18. The van der Waals surface area contributed by atoms with E-state index in [4.69, 9.17) is 0 Å². The molecule has 0 N–H and O–H groups in total. The summed E-state index contributed by atoms with van der Waals surface area (Å²) in [6.45, 7) is 44.8. The van der Waals surface area contributed by atoms with Crippen LogP contribution in [0.5, 0.6) is 0 Å². The molecule has 2 nitrogen and oxygen atoms in total. The zero-order chi connectivity index (χ0) is 48.6. The monoisotopic (exact) mass is 917 g/mol. The first-order valence-corrected chi connectivity index (χ1v) is 27.2. The Labute approximate surface area is 414 Å². The topological polar surface area (TPSA) is 6.48 Å². The maximum atomic E-state index is 2.88. The van der Waals surface area contributed by atoms with Crippen LogP contribution in [-0.2, 0) is 43.3 Å². The Bertz CT molecular complexity index is 3210.